The van der Waals surface area contributed by atoms with E-state index in [0.29, 0.717) is 5.92 Å². The Labute approximate surface area is 96.0 Å². The van der Waals surface area contributed by atoms with Gasteiger partial charge in [0.1, 0.15) is 0 Å². The molecule has 90 valence electrons. The third kappa shape index (κ3) is 2.99. The molecule has 1 N–H and O–H groups in total. The summed E-state index contributed by atoms with van der Waals surface area (Å²) in [4.78, 5) is 2.39. The molecule has 0 aromatic carbocycles. The van der Waals surface area contributed by atoms with Crippen molar-refractivity contribution in [3.63, 3.8) is 0 Å². The van der Waals surface area contributed by atoms with Gasteiger partial charge in [-0.1, -0.05) is 13.8 Å². The molecule has 1 aliphatic rings. The normalized spacial score (nSPS) is 18.2. The zero-order valence-corrected chi connectivity index (χ0v) is 10.1. The first-order chi connectivity index (χ1) is 7.75. The summed E-state index contributed by atoms with van der Waals surface area (Å²) in [6, 6.07) is 0. The molecule has 1 aromatic heterocycles. The summed E-state index contributed by atoms with van der Waals surface area (Å²) in [6.45, 7) is 10.4. The first-order valence-corrected chi connectivity index (χ1v) is 5.94. The second-order valence-corrected chi connectivity index (χ2v) is 4.70. The molecule has 1 fully saturated rings. The second-order valence-electron chi connectivity index (χ2n) is 4.70. The van der Waals surface area contributed by atoms with E-state index in [-0.39, 0.29) is 0 Å². The molecule has 0 aliphatic carbocycles. The van der Waals surface area contributed by atoms with Crippen molar-refractivity contribution in [2.75, 3.05) is 26.2 Å². The highest BCUT2D eigenvalue weighted by Gasteiger charge is 2.14. The standard InChI is InChI=1S/C10H20N6/c1-9(2)7-16-10(12-13-14-16)8-15-5-3-11-4-6-15/h9,11H,3-8H2,1-2H3. The van der Waals surface area contributed by atoms with Gasteiger partial charge in [0.25, 0.3) is 0 Å². The number of aromatic nitrogens is 4. The van der Waals surface area contributed by atoms with Gasteiger partial charge in [-0.05, 0) is 16.3 Å². The molecule has 2 heterocycles. The average Bonchev–Trinajstić information content (AvgIpc) is 2.66. The van der Waals surface area contributed by atoms with Crippen LogP contribution < -0.4 is 5.32 Å². The Hall–Kier alpha value is -1.01. The Morgan fingerprint density at radius 3 is 2.75 bits per heavy atom. The molecule has 0 amide bonds. The van der Waals surface area contributed by atoms with Gasteiger partial charge in [0.05, 0.1) is 6.54 Å². The fraction of sp³-hybridized carbons (Fsp3) is 0.900. The predicted molar refractivity (Wildman–Crippen MR) is 60.8 cm³/mol. The molecule has 1 aromatic rings. The molecule has 0 saturated carbocycles. The summed E-state index contributed by atoms with van der Waals surface area (Å²) in [5, 5.41) is 15.2. The predicted octanol–water partition coefficient (Wildman–Crippen LogP) is -0.266. The SMILES string of the molecule is CC(C)Cn1nnnc1CN1CCNCC1. The van der Waals surface area contributed by atoms with E-state index < -0.39 is 0 Å². The van der Waals surface area contributed by atoms with Crippen LogP contribution in [0, 0.1) is 5.92 Å². The minimum Gasteiger partial charge on any atom is -0.314 e. The lowest BCUT2D eigenvalue weighted by Crippen LogP contribution is -2.43. The molecule has 2 rings (SSSR count). The molecule has 0 atom stereocenters. The van der Waals surface area contributed by atoms with Crippen molar-refractivity contribution >= 4 is 0 Å². The molecule has 0 spiro atoms. The zero-order chi connectivity index (χ0) is 11.4. The van der Waals surface area contributed by atoms with Crippen molar-refractivity contribution in [2.24, 2.45) is 5.92 Å². The maximum Gasteiger partial charge on any atom is 0.165 e. The quantitative estimate of drug-likeness (QED) is 0.763. The Morgan fingerprint density at radius 1 is 1.31 bits per heavy atom. The highest BCUT2D eigenvalue weighted by molar-refractivity contribution is 4.83. The van der Waals surface area contributed by atoms with E-state index in [1.807, 2.05) is 4.68 Å². The van der Waals surface area contributed by atoms with E-state index >= 15 is 0 Å². The third-order valence-corrected chi connectivity index (χ3v) is 2.72. The van der Waals surface area contributed by atoms with Gasteiger partial charge in [-0.15, -0.1) is 5.10 Å². The summed E-state index contributed by atoms with van der Waals surface area (Å²) < 4.78 is 1.92. The number of piperazine rings is 1. The molecule has 6 heteroatoms. The van der Waals surface area contributed by atoms with E-state index in [1.165, 1.54) is 0 Å². The van der Waals surface area contributed by atoms with Crippen molar-refractivity contribution < 1.29 is 0 Å². The van der Waals surface area contributed by atoms with Crippen LogP contribution in [0.2, 0.25) is 0 Å². The van der Waals surface area contributed by atoms with Gasteiger partial charge in [0.2, 0.25) is 0 Å². The lowest BCUT2D eigenvalue weighted by Gasteiger charge is -2.26. The number of nitrogens with one attached hydrogen (secondary N) is 1. The van der Waals surface area contributed by atoms with Gasteiger partial charge in [-0.25, -0.2) is 4.68 Å². The number of rotatable bonds is 4. The summed E-state index contributed by atoms with van der Waals surface area (Å²) in [6.07, 6.45) is 0. The van der Waals surface area contributed by atoms with Crippen LogP contribution in [-0.2, 0) is 13.1 Å². The number of nitrogens with zero attached hydrogens (tertiary/aromatic N) is 5. The van der Waals surface area contributed by atoms with Gasteiger partial charge in [0.15, 0.2) is 5.82 Å². The van der Waals surface area contributed by atoms with Gasteiger partial charge in [-0.3, -0.25) is 4.90 Å². The molecule has 0 bridgehead atoms. The summed E-state index contributed by atoms with van der Waals surface area (Å²) in [5.41, 5.74) is 0. The van der Waals surface area contributed by atoms with Crippen LogP contribution in [0.3, 0.4) is 0 Å². The maximum absolute atomic E-state index is 4.10. The second kappa shape index (κ2) is 5.36. The summed E-state index contributed by atoms with van der Waals surface area (Å²) in [7, 11) is 0. The van der Waals surface area contributed by atoms with Crippen molar-refractivity contribution in [1.29, 1.82) is 0 Å². The summed E-state index contributed by atoms with van der Waals surface area (Å²) >= 11 is 0. The van der Waals surface area contributed by atoms with Crippen LogP contribution in [0.25, 0.3) is 0 Å². The van der Waals surface area contributed by atoms with E-state index in [4.69, 9.17) is 0 Å². The van der Waals surface area contributed by atoms with E-state index in [1.54, 1.807) is 0 Å². The van der Waals surface area contributed by atoms with Crippen LogP contribution in [0.4, 0.5) is 0 Å². The Bertz CT molecular complexity index is 315. The van der Waals surface area contributed by atoms with Gasteiger partial charge in [0, 0.05) is 32.7 Å². The van der Waals surface area contributed by atoms with E-state index in [0.717, 1.165) is 45.1 Å². The highest BCUT2D eigenvalue weighted by Crippen LogP contribution is 2.04. The zero-order valence-electron chi connectivity index (χ0n) is 10.1. The van der Waals surface area contributed by atoms with Gasteiger partial charge in [-0.2, -0.15) is 0 Å². The number of hydrogen-bond donors (Lipinski definition) is 1. The summed E-state index contributed by atoms with van der Waals surface area (Å²) in [5.74, 6) is 1.56. The Kier molecular flexibility index (Phi) is 3.84. The molecule has 16 heavy (non-hydrogen) atoms. The van der Waals surface area contributed by atoms with Gasteiger partial charge < -0.3 is 5.32 Å². The van der Waals surface area contributed by atoms with E-state index in [2.05, 4.69) is 39.6 Å². The molecule has 0 radical (unpaired) electrons. The first kappa shape index (κ1) is 11.5. The van der Waals surface area contributed by atoms with Crippen LogP contribution in [0.5, 0.6) is 0 Å². The number of hydrogen-bond acceptors (Lipinski definition) is 5. The largest absolute Gasteiger partial charge is 0.314 e. The van der Waals surface area contributed by atoms with Crippen molar-refractivity contribution in [2.45, 2.75) is 26.9 Å². The van der Waals surface area contributed by atoms with Gasteiger partial charge >= 0.3 is 0 Å². The lowest BCUT2D eigenvalue weighted by atomic mass is 10.2. The van der Waals surface area contributed by atoms with Crippen molar-refractivity contribution in [1.82, 2.24) is 30.4 Å². The minimum atomic E-state index is 0.574. The minimum absolute atomic E-state index is 0.574. The Morgan fingerprint density at radius 2 is 2.06 bits per heavy atom. The monoisotopic (exact) mass is 224 g/mol. The first-order valence-electron chi connectivity index (χ1n) is 5.94. The van der Waals surface area contributed by atoms with Crippen molar-refractivity contribution in [3.05, 3.63) is 5.82 Å². The average molecular weight is 224 g/mol. The molecule has 0 unspecified atom stereocenters. The highest BCUT2D eigenvalue weighted by atomic mass is 15.5. The third-order valence-electron chi connectivity index (χ3n) is 2.72. The molecule has 6 nitrogen and oxygen atoms in total. The van der Waals surface area contributed by atoms with Crippen molar-refractivity contribution in [3.8, 4) is 0 Å². The topological polar surface area (TPSA) is 58.9 Å². The van der Waals surface area contributed by atoms with Crippen LogP contribution >= 0.6 is 0 Å². The fourth-order valence-corrected chi connectivity index (χ4v) is 1.89. The molecule has 1 aliphatic heterocycles. The van der Waals surface area contributed by atoms with Crippen LogP contribution in [-0.4, -0.2) is 51.3 Å². The Balaban J connectivity index is 1.94. The van der Waals surface area contributed by atoms with Crippen LogP contribution in [0.15, 0.2) is 0 Å². The molecule has 1 saturated heterocycles. The van der Waals surface area contributed by atoms with E-state index in [9.17, 15) is 0 Å². The smallest absolute Gasteiger partial charge is 0.165 e. The molecular formula is C10H20N6. The maximum atomic E-state index is 4.10. The molecular weight excluding hydrogens is 204 g/mol. The number of tetrazole rings is 1. The lowest BCUT2D eigenvalue weighted by molar-refractivity contribution is 0.222. The van der Waals surface area contributed by atoms with Crippen LogP contribution in [0.1, 0.15) is 19.7 Å². The fourth-order valence-electron chi connectivity index (χ4n) is 1.89.